The molecule has 0 spiro atoms. The van der Waals surface area contributed by atoms with E-state index < -0.39 is 10.0 Å². The molecule has 0 unspecified atom stereocenters. The lowest BCUT2D eigenvalue weighted by Gasteiger charge is -2.02. The van der Waals surface area contributed by atoms with Crippen molar-refractivity contribution in [3.05, 3.63) is 5.82 Å². The Kier molecular flexibility index (Phi) is 4.63. The number of hydrogen-bond acceptors (Lipinski definition) is 6. The van der Waals surface area contributed by atoms with Gasteiger partial charge in [-0.25, -0.2) is 18.1 Å². The third kappa shape index (κ3) is 4.03. The van der Waals surface area contributed by atoms with Gasteiger partial charge in [-0.3, -0.25) is 0 Å². The van der Waals surface area contributed by atoms with Gasteiger partial charge in [0.25, 0.3) is 0 Å². The number of aromatic nitrogens is 2. The Morgan fingerprint density at radius 1 is 1.44 bits per heavy atom. The summed E-state index contributed by atoms with van der Waals surface area (Å²) in [6.45, 7) is 4.35. The number of nitrogens with zero attached hydrogens (tertiary/aromatic N) is 2. The minimum absolute atomic E-state index is 0.0279. The van der Waals surface area contributed by atoms with Crippen molar-refractivity contribution in [2.45, 2.75) is 19.8 Å². The van der Waals surface area contributed by atoms with E-state index in [9.17, 15) is 8.42 Å². The average molecular weight is 264 g/mol. The van der Waals surface area contributed by atoms with Gasteiger partial charge in [-0.1, -0.05) is 13.8 Å². The van der Waals surface area contributed by atoms with E-state index in [-0.39, 0.29) is 11.7 Å². The molecule has 0 amide bonds. The molecule has 0 radical (unpaired) electrons. The van der Waals surface area contributed by atoms with Crippen molar-refractivity contribution in [1.29, 1.82) is 0 Å². The number of anilines is 1. The number of sulfonamides is 1. The third-order valence-corrected chi connectivity index (χ3v) is 3.97. The number of nitrogens with one attached hydrogen (secondary N) is 2. The standard InChI is InChI=1S/C8H16N4O2S2/c1-6(2)7-11-8(15-12-7)10-4-5-16(13,14)9-3/h6,9H,4-5H2,1-3H3,(H,10,11,12). The summed E-state index contributed by atoms with van der Waals surface area (Å²) in [5.74, 6) is 1.09. The van der Waals surface area contributed by atoms with Crippen LogP contribution >= 0.6 is 11.5 Å². The van der Waals surface area contributed by atoms with Gasteiger partial charge in [0.1, 0.15) is 5.82 Å². The lowest BCUT2D eigenvalue weighted by Crippen LogP contribution is -2.26. The molecule has 8 heteroatoms. The van der Waals surface area contributed by atoms with Crippen LogP contribution in [0.1, 0.15) is 25.6 Å². The molecule has 92 valence electrons. The fraction of sp³-hybridized carbons (Fsp3) is 0.750. The molecule has 0 saturated heterocycles. The minimum atomic E-state index is -3.16. The molecule has 0 aliphatic heterocycles. The highest BCUT2D eigenvalue weighted by Gasteiger charge is 2.09. The van der Waals surface area contributed by atoms with E-state index >= 15 is 0 Å². The van der Waals surface area contributed by atoms with Crippen LogP contribution in [-0.4, -0.2) is 37.1 Å². The smallest absolute Gasteiger partial charge is 0.213 e. The highest BCUT2D eigenvalue weighted by atomic mass is 32.2. The normalized spacial score (nSPS) is 12.0. The van der Waals surface area contributed by atoms with Crippen LogP contribution in [0.3, 0.4) is 0 Å². The summed E-state index contributed by atoms with van der Waals surface area (Å²) < 4.78 is 28.6. The van der Waals surface area contributed by atoms with Crippen molar-refractivity contribution in [1.82, 2.24) is 14.1 Å². The van der Waals surface area contributed by atoms with Gasteiger partial charge >= 0.3 is 0 Å². The summed E-state index contributed by atoms with van der Waals surface area (Å²) in [5, 5.41) is 3.60. The highest BCUT2D eigenvalue weighted by molar-refractivity contribution is 7.89. The third-order valence-electron chi connectivity index (χ3n) is 1.92. The molecule has 0 bridgehead atoms. The second-order valence-corrected chi connectivity index (χ2v) is 6.36. The molecule has 1 aromatic heterocycles. The van der Waals surface area contributed by atoms with E-state index in [2.05, 4.69) is 19.4 Å². The second-order valence-electron chi connectivity index (χ2n) is 3.56. The molecular formula is C8H16N4O2S2. The molecule has 1 aromatic rings. The van der Waals surface area contributed by atoms with Crippen LogP contribution < -0.4 is 10.0 Å². The van der Waals surface area contributed by atoms with E-state index in [1.807, 2.05) is 13.8 Å². The largest absolute Gasteiger partial charge is 0.359 e. The SMILES string of the molecule is CNS(=O)(=O)CCNc1nc(C(C)C)ns1. The zero-order valence-electron chi connectivity index (χ0n) is 9.52. The van der Waals surface area contributed by atoms with Gasteiger partial charge in [-0.2, -0.15) is 4.37 Å². The van der Waals surface area contributed by atoms with Crippen molar-refractivity contribution in [3.8, 4) is 0 Å². The first-order valence-electron chi connectivity index (χ1n) is 4.93. The molecular weight excluding hydrogens is 248 g/mol. The monoisotopic (exact) mass is 264 g/mol. The molecule has 0 atom stereocenters. The van der Waals surface area contributed by atoms with Gasteiger partial charge in [-0.15, -0.1) is 0 Å². The molecule has 2 N–H and O–H groups in total. The molecule has 16 heavy (non-hydrogen) atoms. The first-order valence-corrected chi connectivity index (χ1v) is 7.36. The Morgan fingerprint density at radius 3 is 2.62 bits per heavy atom. The zero-order chi connectivity index (χ0) is 12.2. The molecule has 0 aliphatic rings. The Labute approximate surface area is 99.7 Å². The Morgan fingerprint density at radius 2 is 2.12 bits per heavy atom. The van der Waals surface area contributed by atoms with Crippen molar-refractivity contribution in [2.24, 2.45) is 0 Å². The van der Waals surface area contributed by atoms with Crippen LogP contribution in [0.15, 0.2) is 0 Å². The molecule has 6 nitrogen and oxygen atoms in total. The summed E-state index contributed by atoms with van der Waals surface area (Å²) in [4.78, 5) is 4.24. The molecule has 1 heterocycles. The zero-order valence-corrected chi connectivity index (χ0v) is 11.2. The predicted molar refractivity (Wildman–Crippen MR) is 65.3 cm³/mol. The summed E-state index contributed by atoms with van der Waals surface area (Å²) in [6.07, 6.45) is 0. The van der Waals surface area contributed by atoms with E-state index in [1.54, 1.807) is 0 Å². The first kappa shape index (κ1) is 13.3. The van der Waals surface area contributed by atoms with Crippen LogP contribution in [-0.2, 0) is 10.0 Å². The summed E-state index contributed by atoms with van der Waals surface area (Å²) >= 11 is 1.25. The van der Waals surface area contributed by atoms with Crippen LogP contribution in [0.4, 0.5) is 5.13 Å². The quantitative estimate of drug-likeness (QED) is 0.787. The molecule has 0 aliphatic carbocycles. The summed E-state index contributed by atoms with van der Waals surface area (Å²) in [6, 6.07) is 0. The molecule has 0 fully saturated rings. The Bertz CT molecular complexity index is 427. The minimum Gasteiger partial charge on any atom is -0.359 e. The van der Waals surface area contributed by atoms with E-state index in [4.69, 9.17) is 0 Å². The van der Waals surface area contributed by atoms with Gasteiger partial charge in [0.2, 0.25) is 15.2 Å². The van der Waals surface area contributed by atoms with Crippen LogP contribution in [0.5, 0.6) is 0 Å². The van der Waals surface area contributed by atoms with Crippen LogP contribution in [0.25, 0.3) is 0 Å². The lowest BCUT2D eigenvalue weighted by atomic mass is 10.2. The number of hydrogen-bond donors (Lipinski definition) is 2. The number of rotatable bonds is 6. The van der Waals surface area contributed by atoms with Crippen molar-refractivity contribution < 1.29 is 8.42 Å². The van der Waals surface area contributed by atoms with Gasteiger partial charge < -0.3 is 5.32 Å². The highest BCUT2D eigenvalue weighted by Crippen LogP contribution is 2.16. The Hall–Kier alpha value is -0.730. The fourth-order valence-electron chi connectivity index (χ4n) is 0.936. The van der Waals surface area contributed by atoms with E-state index in [1.165, 1.54) is 18.6 Å². The van der Waals surface area contributed by atoms with E-state index in [0.717, 1.165) is 5.82 Å². The predicted octanol–water partition coefficient (Wildman–Crippen LogP) is 0.623. The maximum atomic E-state index is 11.1. The van der Waals surface area contributed by atoms with Crippen molar-refractivity contribution in [3.63, 3.8) is 0 Å². The van der Waals surface area contributed by atoms with Gasteiger partial charge in [-0.05, 0) is 7.05 Å². The Balaban J connectivity index is 2.43. The van der Waals surface area contributed by atoms with Gasteiger partial charge in [0, 0.05) is 24.0 Å². The average Bonchev–Trinajstić information content (AvgIpc) is 2.66. The van der Waals surface area contributed by atoms with Gasteiger partial charge in [0.15, 0.2) is 0 Å². The molecule has 0 saturated carbocycles. The fourth-order valence-corrected chi connectivity index (χ4v) is 2.24. The molecule has 1 rings (SSSR count). The summed E-state index contributed by atoms with van der Waals surface area (Å²) in [7, 11) is -1.76. The van der Waals surface area contributed by atoms with E-state index in [0.29, 0.717) is 11.7 Å². The second kappa shape index (κ2) is 5.55. The lowest BCUT2D eigenvalue weighted by molar-refractivity contribution is 0.588. The van der Waals surface area contributed by atoms with Crippen molar-refractivity contribution >= 4 is 26.7 Å². The summed E-state index contributed by atoms with van der Waals surface area (Å²) in [5.41, 5.74) is 0. The van der Waals surface area contributed by atoms with Crippen molar-refractivity contribution in [2.75, 3.05) is 24.7 Å². The maximum Gasteiger partial charge on any atom is 0.213 e. The van der Waals surface area contributed by atoms with Gasteiger partial charge in [0.05, 0.1) is 5.75 Å². The first-order chi connectivity index (χ1) is 7.44. The van der Waals surface area contributed by atoms with Crippen LogP contribution in [0.2, 0.25) is 0 Å². The topological polar surface area (TPSA) is 84.0 Å². The van der Waals surface area contributed by atoms with Crippen LogP contribution in [0, 0.1) is 0 Å². The maximum absolute atomic E-state index is 11.1. The molecule has 0 aromatic carbocycles.